The van der Waals surface area contributed by atoms with Crippen molar-refractivity contribution < 1.29 is 4.52 Å². The molecule has 0 fully saturated rings. The normalized spacial score (nSPS) is 11.8. The summed E-state index contributed by atoms with van der Waals surface area (Å²) < 4.78 is 5.30. The fourth-order valence-electron chi connectivity index (χ4n) is 2.26. The van der Waals surface area contributed by atoms with Crippen LogP contribution in [-0.2, 0) is 18.4 Å². The third-order valence-electron chi connectivity index (χ3n) is 3.61. The zero-order valence-electron chi connectivity index (χ0n) is 16.1. The number of aromatic nitrogens is 2. The van der Waals surface area contributed by atoms with Gasteiger partial charge in [0, 0.05) is 18.5 Å². The van der Waals surface area contributed by atoms with Crippen molar-refractivity contribution in [2.75, 3.05) is 13.1 Å². The second-order valence-electron chi connectivity index (χ2n) is 6.98. The lowest BCUT2D eigenvalue weighted by Gasteiger charge is -2.11. The highest BCUT2D eigenvalue weighted by molar-refractivity contribution is 14.0. The van der Waals surface area contributed by atoms with E-state index in [2.05, 4.69) is 50.0 Å². The molecular formula is C19H30IN5O. The van der Waals surface area contributed by atoms with Crippen LogP contribution in [0.1, 0.15) is 51.4 Å². The Labute approximate surface area is 173 Å². The van der Waals surface area contributed by atoms with Gasteiger partial charge in [-0.1, -0.05) is 56.3 Å². The van der Waals surface area contributed by atoms with Crippen molar-refractivity contribution in [3.8, 4) is 0 Å². The van der Waals surface area contributed by atoms with E-state index >= 15 is 0 Å². The van der Waals surface area contributed by atoms with E-state index < -0.39 is 0 Å². The highest BCUT2D eigenvalue weighted by Gasteiger charge is 2.21. The van der Waals surface area contributed by atoms with Crippen molar-refractivity contribution in [2.45, 2.75) is 52.5 Å². The van der Waals surface area contributed by atoms with E-state index in [1.807, 2.05) is 33.8 Å². The Bertz CT molecular complexity index is 664. The Morgan fingerprint density at radius 1 is 1.15 bits per heavy atom. The summed E-state index contributed by atoms with van der Waals surface area (Å²) in [6, 6.07) is 10.5. The van der Waals surface area contributed by atoms with Gasteiger partial charge in [0.1, 0.15) is 6.54 Å². The smallest absolute Gasteiger partial charge is 0.232 e. The molecule has 26 heavy (non-hydrogen) atoms. The molecule has 1 aromatic carbocycles. The third kappa shape index (κ3) is 7.72. The molecule has 6 nitrogen and oxygen atoms in total. The van der Waals surface area contributed by atoms with Gasteiger partial charge in [-0.05, 0) is 25.3 Å². The van der Waals surface area contributed by atoms with Crippen LogP contribution in [0.3, 0.4) is 0 Å². The molecule has 0 unspecified atom stereocenters. The topological polar surface area (TPSA) is 75.3 Å². The lowest BCUT2D eigenvalue weighted by Crippen LogP contribution is -2.37. The van der Waals surface area contributed by atoms with E-state index in [1.54, 1.807) is 0 Å². The molecule has 2 rings (SSSR count). The lowest BCUT2D eigenvalue weighted by atomic mass is 9.97. The first kappa shape index (κ1) is 22.4. The van der Waals surface area contributed by atoms with E-state index in [0.29, 0.717) is 18.3 Å². The first-order chi connectivity index (χ1) is 12.0. The summed E-state index contributed by atoms with van der Waals surface area (Å²) in [5, 5.41) is 10.6. The van der Waals surface area contributed by atoms with Crippen molar-refractivity contribution in [1.82, 2.24) is 20.8 Å². The van der Waals surface area contributed by atoms with Crippen molar-refractivity contribution in [3.63, 3.8) is 0 Å². The molecule has 0 bridgehead atoms. The zero-order valence-corrected chi connectivity index (χ0v) is 18.4. The Morgan fingerprint density at radius 2 is 1.88 bits per heavy atom. The largest absolute Gasteiger partial charge is 0.357 e. The minimum Gasteiger partial charge on any atom is -0.357 e. The molecular weight excluding hydrogens is 441 g/mol. The van der Waals surface area contributed by atoms with Crippen molar-refractivity contribution in [1.29, 1.82) is 0 Å². The summed E-state index contributed by atoms with van der Waals surface area (Å²) >= 11 is 0. The average Bonchev–Trinajstić information content (AvgIpc) is 3.07. The van der Waals surface area contributed by atoms with Crippen LogP contribution in [0.15, 0.2) is 39.8 Å². The van der Waals surface area contributed by atoms with Crippen molar-refractivity contribution >= 4 is 29.9 Å². The highest BCUT2D eigenvalue weighted by Crippen LogP contribution is 2.19. The molecule has 0 radical (unpaired) electrons. The second kappa shape index (κ2) is 11.2. The standard InChI is InChI=1S/C19H29N5O.HI/c1-5-20-18(21-13-9-12-15-10-7-6-8-11-15)22-14-16-23-17(25-24-16)19(2,3)4;/h6-8,10-11H,5,9,12-14H2,1-4H3,(H2,20,21,22);1H. The van der Waals surface area contributed by atoms with Crippen molar-refractivity contribution in [2.24, 2.45) is 4.99 Å². The molecule has 1 aromatic heterocycles. The average molecular weight is 471 g/mol. The molecule has 0 aliphatic heterocycles. The van der Waals surface area contributed by atoms with Gasteiger partial charge >= 0.3 is 0 Å². The van der Waals surface area contributed by atoms with Gasteiger partial charge in [0.05, 0.1) is 0 Å². The Morgan fingerprint density at radius 3 is 2.50 bits per heavy atom. The van der Waals surface area contributed by atoms with Gasteiger partial charge in [-0.3, -0.25) is 0 Å². The van der Waals surface area contributed by atoms with Crippen LogP contribution in [0.2, 0.25) is 0 Å². The third-order valence-corrected chi connectivity index (χ3v) is 3.61. The fraction of sp³-hybridized carbons (Fsp3) is 0.526. The van der Waals surface area contributed by atoms with E-state index in [4.69, 9.17) is 4.52 Å². The Balaban J connectivity index is 0.00000338. The summed E-state index contributed by atoms with van der Waals surface area (Å²) in [7, 11) is 0. The molecule has 0 amide bonds. The number of nitrogens with zero attached hydrogens (tertiary/aromatic N) is 3. The van der Waals surface area contributed by atoms with Crippen LogP contribution in [-0.4, -0.2) is 29.2 Å². The molecule has 0 saturated carbocycles. The number of hydrogen-bond donors (Lipinski definition) is 2. The predicted octanol–water partition coefficient (Wildman–Crippen LogP) is 3.67. The van der Waals surface area contributed by atoms with Crippen LogP contribution in [0.4, 0.5) is 0 Å². The number of rotatable bonds is 7. The van der Waals surface area contributed by atoms with Gasteiger partial charge < -0.3 is 15.2 Å². The summed E-state index contributed by atoms with van der Waals surface area (Å²) in [4.78, 5) is 8.94. The number of aliphatic imine (C=N–C) groups is 1. The van der Waals surface area contributed by atoms with Crippen molar-refractivity contribution in [3.05, 3.63) is 47.6 Å². The number of nitrogens with one attached hydrogen (secondary N) is 2. The summed E-state index contributed by atoms with van der Waals surface area (Å²) in [5.74, 6) is 2.02. The van der Waals surface area contributed by atoms with Crippen LogP contribution in [0.5, 0.6) is 0 Å². The van der Waals surface area contributed by atoms with Gasteiger partial charge in [-0.15, -0.1) is 24.0 Å². The van der Waals surface area contributed by atoms with Crippen LogP contribution in [0.25, 0.3) is 0 Å². The zero-order chi connectivity index (χ0) is 18.1. The molecule has 0 spiro atoms. The quantitative estimate of drug-likeness (QED) is 0.279. The van der Waals surface area contributed by atoms with E-state index in [9.17, 15) is 0 Å². The maximum atomic E-state index is 5.30. The molecule has 1 heterocycles. The molecule has 2 aromatic rings. The molecule has 0 atom stereocenters. The molecule has 0 aliphatic rings. The number of hydrogen-bond acceptors (Lipinski definition) is 4. The monoisotopic (exact) mass is 471 g/mol. The van der Waals surface area contributed by atoms with Crippen LogP contribution < -0.4 is 10.6 Å². The van der Waals surface area contributed by atoms with Gasteiger partial charge in [0.25, 0.3) is 0 Å². The maximum Gasteiger partial charge on any atom is 0.232 e. The van der Waals surface area contributed by atoms with E-state index in [1.165, 1.54) is 5.56 Å². The number of halogens is 1. The van der Waals surface area contributed by atoms with Gasteiger partial charge in [0.2, 0.25) is 5.89 Å². The Kier molecular flexibility index (Phi) is 9.61. The first-order valence-electron chi connectivity index (χ1n) is 8.88. The summed E-state index contributed by atoms with van der Waals surface area (Å²) in [6.07, 6.45) is 2.10. The molecule has 7 heteroatoms. The molecule has 144 valence electrons. The molecule has 0 aliphatic carbocycles. The fourth-order valence-corrected chi connectivity index (χ4v) is 2.26. The highest BCUT2D eigenvalue weighted by atomic mass is 127. The lowest BCUT2D eigenvalue weighted by molar-refractivity contribution is 0.318. The first-order valence-corrected chi connectivity index (χ1v) is 8.88. The predicted molar refractivity (Wildman–Crippen MR) is 116 cm³/mol. The minimum absolute atomic E-state index is 0. The van der Waals surface area contributed by atoms with Crippen LogP contribution in [0, 0.1) is 0 Å². The molecule has 2 N–H and O–H groups in total. The summed E-state index contributed by atoms with van der Waals surface area (Å²) in [6.45, 7) is 10.3. The SMILES string of the molecule is CCNC(=NCc1noc(C(C)(C)C)n1)NCCCc1ccccc1.I. The second-order valence-corrected chi connectivity index (χ2v) is 6.98. The maximum absolute atomic E-state index is 5.30. The number of aryl methyl sites for hydroxylation is 1. The number of benzene rings is 1. The van der Waals surface area contributed by atoms with E-state index in [0.717, 1.165) is 31.9 Å². The Hall–Kier alpha value is -1.64. The van der Waals surface area contributed by atoms with E-state index in [-0.39, 0.29) is 29.4 Å². The minimum atomic E-state index is -0.144. The van der Waals surface area contributed by atoms with Gasteiger partial charge in [-0.2, -0.15) is 4.98 Å². The molecule has 0 saturated heterocycles. The van der Waals surface area contributed by atoms with Gasteiger partial charge in [0.15, 0.2) is 11.8 Å². The number of guanidine groups is 1. The van der Waals surface area contributed by atoms with Gasteiger partial charge in [-0.25, -0.2) is 4.99 Å². The van der Waals surface area contributed by atoms with Crippen LogP contribution >= 0.6 is 24.0 Å². The summed E-state index contributed by atoms with van der Waals surface area (Å²) in [5.41, 5.74) is 1.21.